The first-order valence-corrected chi connectivity index (χ1v) is 7.97. The van der Waals surface area contributed by atoms with Crippen LogP contribution in [-0.2, 0) is 4.79 Å². The van der Waals surface area contributed by atoms with Gasteiger partial charge in [0.05, 0.1) is 0 Å². The van der Waals surface area contributed by atoms with Crippen molar-refractivity contribution in [3.63, 3.8) is 0 Å². The van der Waals surface area contributed by atoms with Gasteiger partial charge in [-0.1, -0.05) is 12.8 Å². The van der Waals surface area contributed by atoms with Crippen molar-refractivity contribution >= 4 is 17.7 Å². The van der Waals surface area contributed by atoms with Gasteiger partial charge >= 0.3 is 0 Å². The summed E-state index contributed by atoms with van der Waals surface area (Å²) in [5, 5.41) is 0. The fourth-order valence-electron chi connectivity index (χ4n) is 1.68. The van der Waals surface area contributed by atoms with Crippen LogP contribution in [0, 0.1) is 0 Å². The largest absolute Gasteiger partial charge is 0.343 e. The maximum absolute atomic E-state index is 11.9. The molecular formula is C13H28N2OS. The molecule has 102 valence electrons. The van der Waals surface area contributed by atoms with Crippen LogP contribution in [0.2, 0.25) is 0 Å². The third kappa shape index (κ3) is 8.50. The van der Waals surface area contributed by atoms with Gasteiger partial charge in [-0.05, 0) is 44.7 Å². The summed E-state index contributed by atoms with van der Waals surface area (Å²) in [5.41, 5.74) is 5.43. The molecule has 0 aliphatic heterocycles. The molecule has 0 saturated carbocycles. The Balaban J connectivity index is 3.65. The maximum atomic E-state index is 11.9. The molecule has 4 heteroatoms. The summed E-state index contributed by atoms with van der Waals surface area (Å²) in [6.45, 7) is 2.89. The molecule has 1 unspecified atom stereocenters. The molecule has 0 fully saturated rings. The zero-order valence-corrected chi connectivity index (χ0v) is 12.4. The smallest absolute Gasteiger partial charge is 0.222 e. The Kier molecular flexibility index (Phi) is 10.8. The van der Waals surface area contributed by atoms with Gasteiger partial charge in [-0.25, -0.2) is 0 Å². The van der Waals surface area contributed by atoms with Crippen molar-refractivity contribution in [2.24, 2.45) is 5.73 Å². The number of amides is 1. The van der Waals surface area contributed by atoms with E-state index in [1.807, 2.05) is 23.7 Å². The lowest BCUT2D eigenvalue weighted by Crippen LogP contribution is -2.35. The van der Waals surface area contributed by atoms with Crippen molar-refractivity contribution in [2.75, 3.05) is 25.6 Å². The van der Waals surface area contributed by atoms with E-state index in [0.29, 0.717) is 12.5 Å². The summed E-state index contributed by atoms with van der Waals surface area (Å²) in [6, 6.07) is 0.360. The van der Waals surface area contributed by atoms with E-state index >= 15 is 0 Å². The summed E-state index contributed by atoms with van der Waals surface area (Å²) in [4.78, 5) is 13.8. The average Bonchev–Trinajstić information content (AvgIpc) is 2.34. The highest BCUT2D eigenvalue weighted by molar-refractivity contribution is 7.98. The molecule has 0 aromatic heterocycles. The predicted octanol–water partition coefficient (Wildman–Crippen LogP) is 2.50. The first-order valence-electron chi connectivity index (χ1n) is 6.58. The number of carbonyl (C=O) groups is 1. The molecule has 1 amide bonds. The topological polar surface area (TPSA) is 46.3 Å². The number of hydrogen-bond donors (Lipinski definition) is 1. The van der Waals surface area contributed by atoms with Crippen molar-refractivity contribution in [1.82, 2.24) is 4.90 Å². The number of rotatable bonds is 10. The molecule has 0 aliphatic rings. The van der Waals surface area contributed by atoms with Gasteiger partial charge in [0, 0.05) is 19.5 Å². The minimum atomic E-state index is 0.284. The second-order valence-electron chi connectivity index (χ2n) is 4.59. The van der Waals surface area contributed by atoms with Crippen molar-refractivity contribution < 1.29 is 4.79 Å². The average molecular weight is 260 g/mol. The molecule has 0 aromatic rings. The molecule has 0 aromatic carbocycles. The van der Waals surface area contributed by atoms with Crippen LogP contribution in [0.3, 0.4) is 0 Å². The third-order valence-electron chi connectivity index (χ3n) is 3.14. The highest BCUT2D eigenvalue weighted by atomic mass is 32.2. The predicted molar refractivity (Wildman–Crippen MR) is 77.4 cm³/mol. The minimum Gasteiger partial charge on any atom is -0.343 e. The molecule has 0 aliphatic carbocycles. The van der Waals surface area contributed by atoms with Crippen LogP contribution in [0.15, 0.2) is 0 Å². The number of thioether (sulfide) groups is 1. The lowest BCUT2D eigenvalue weighted by Gasteiger charge is -2.24. The molecule has 0 saturated heterocycles. The molecule has 1 atom stereocenters. The molecule has 17 heavy (non-hydrogen) atoms. The first-order chi connectivity index (χ1) is 8.13. The highest BCUT2D eigenvalue weighted by Gasteiger charge is 2.14. The fourth-order valence-corrected chi connectivity index (χ4v) is 2.26. The second kappa shape index (κ2) is 10.9. The van der Waals surface area contributed by atoms with Gasteiger partial charge in [0.25, 0.3) is 0 Å². The van der Waals surface area contributed by atoms with Gasteiger partial charge in [0.15, 0.2) is 0 Å². The van der Waals surface area contributed by atoms with Gasteiger partial charge in [-0.2, -0.15) is 11.8 Å². The summed E-state index contributed by atoms with van der Waals surface area (Å²) < 4.78 is 0. The molecule has 3 nitrogen and oxygen atoms in total. The Morgan fingerprint density at radius 2 is 1.94 bits per heavy atom. The standard InChI is InChI=1S/C13H28N2OS/c1-12(9-11-17-3)15(2)13(16)8-6-4-5-7-10-14/h12H,4-11,14H2,1-3H3. The van der Waals surface area contributed by atoms with Crippen LogP contribution in [0.25, 0.3) is 0 Å². The van der Waals surface area contributed by atoms with E-state index in [1.165, 1.54) is 0 Å². The van der Waals surface area contributed by atoms with Crippen molar-refractivity contribution in [2.45, 2.75) is 51.5 Å². The normalized spacial score (nSPS) is 12.5. The fraction of sp³-hybridized carbons (Fsp3) is 0.923. The quantitative estimate of drug-likeness (QED) is 0.614. The van der Waals surface area contributed by atoms with E-state index < -0.39 is 0 Å². The molecule has 0 heterocycles. The lowest BCUT2D eigenvalue weighted by atomic mass is 10.1. The van der Waals surface area contributed by atoms with E-state index in [9.17, 15) is 4.79 Å². The van der Waals surface area contributed by atoms with Crippen LogP contribution in [0.4, 0.5) is 0 Å². The van der Waals surface area contributed by atoms with E-state index in [0.717, 1.165) is 44.4 Å². The summed E-state index contributed by atoms with van der Waals surface area (Å²) in [6.07, 6.45) is 8.21. The molecule has 0 spiro atoms. The Bertz CT molecular complexity index is 200. The Labute approximate surface area is 111 Å². The number of nitrogens with two attached hydrogens (primary N) is 1. The monoisotopic (exact) mass is 260 g/mol. The van der Waals surface area contributed by atoms with Crippen LogP contribution in [-0.4, -0.2) is 42.4 Å². The number of unbranched alkanes of at least 4 members (excludes halogenated alkanes) is 3. The van der Waals surface area contributed by atoms with E-state index in [4.69, 9.17) is 5.73 Å². The van der Waals surface area contributed by atoms with Crippen molar-refractivity contribution in [3.05, 3.63) is 0 Å². The number of hydrogen-bond acceptors (Lipinski definition) is 3. The molecule has 2 N–H and O–H groups in total. The molecule has 0 bridgehead atoms. The van der Waals surface area contributed by atoms with Gasteiger partial charge in [0.2, 0.25) is 5.91 Å². The second-order valence-corrected chi connectivity index (χ2v) is 5.57. The molecule has 0 radical (unpaired) electrons. The van der Waals surface area contributed by atoms with Crippen LogP contribution >= 0.6 is 11.8 Å². The minimum absolute atomic E-state index is 0.284. The van der Waals surface area contributed by atoms with E-state index in [-0.39, 0.29) is 5.91 Å². The Hall–Kier alpha value is -0.220. The van der Waals surface area contributed by atoms with Crippen LogP contribution in [0.5, 0.6) is 0 Å². The van der Waals surface area contributed by atoms with Gasteiger partial charge < -0.3 is 10.6 Å². The number of carbonyl (C=O) groups excluding carboxylic acids is 1. The van der Waals surface area contributed by atoms with Crippen LogP contribution in [0.1, 0.15) is 45.4 Å². The Morgan fingerprint density at radius 1 is 1.29 bits per heavy atom. The summed E-state index contributed by atoms with van der Waals surface area (Å²) >= 11 is 1.84. The number of nitrogens with zero attached hydrogens (tertiary/aromatic N) is 1. The maximum Gasteiger partial charge on any atom is 0.222 e. The summed E-state index contributed by atoms with van der Waals surface area (Å²) in [7, 11) is 1.92. The van der Waals surface area contributed by atoms with Crippen LogP contribution < -0.4 is 5.73 Å². The van der Waals surface area contributed by atoms with E-state index in [2.05, 4.69) is 13.2 Å². The molecular weight excluding hydrogens is 232 g/mol. The third-order valence-corrected chi connectivity index (χ3v) is 3.78. The summed E-state index contributed by atoms with van der Waals surface area (Å²) in [5.74, 6) is 1.40. The SMILES string of the molecule is CSCCC(C)N(C)C(=O)CCCCCCN. The lowest BCUT2D eigenvalue weighted by molar-refractivity contribution is -0.131. The zero-order valence-electron chi connectivity index (χ0n) is 11.6. The molecule has 0 rings (SSSR count). The van der Waals surface area contributed by atoms with Crippen molar-refractivity contribution in [3.8, 4) is 0 Å². The van der Waals surface area contributed by atoms with Gasteiger partial charge in [0.1, 0.15) is 0 Å². The van der Waals surface area contributed by atoms with Crippen molar-refractivity contribution in [1.29, 1.82) is 0 Å². The Morgan fingerprint density at radius 3 is 2.53 bits per heavy atom. The highest BCUT2D eigenvalue weighted by Crippen LogP contribution is 2.10. The zero-order chi connectivity index (χ0) is 13.1. The van der Waals surface area contributed by atoms with E-state index in [1.54, 1.807) is 0 Å². The van der Waals surface area contributed by atoms with Gasteiger partial charge in [-0.15, -0.1) is 0 Å². The first kappa shape index (κ1) is 16.8. The van der Waals surface area contributed by atoms with Gasteiger partial charge in [-0.3, -0.25) is 4.79 Å².